The molecule has 2 aromatic rings. The van der Waals surface area contributed by atoms with Gasteiger partial charge in [0, 0.05) is 51.9 Å². The monoisotopic (exact) mass is 461 g/mol. The number of piperazine rings is 1. The minimum absolute atomic E-state index is 0.0941. The highest BCUT2D eigenvalue weighted by Gasteiger charge is 2.46. The van der Waals surface area contributed by atoms with Crippen LogP contribution in [0.2, 0.25) is 0 Å². The molecule has 9 heteroatoms. The molecule has 176 valence electrons. The molecule has 1 unspecified atom stereocenters. The third kappa shape index (κ3) is 3.97. The van der Waals surface area contributed by atoms with E-state index in [1.54, 1.807) is 18.2 Å². The summed E-state index contributed by atoms with van der Waals surface area (Å²) in [4.78, 5) is 55.6. The van der Waals surface area contributed by atoms with Crippen LogP contribution in [-0.2, 0) is 16.1 Å². The summed E-state index contributed by atoms with van der Waals surface area (Å²) in [5.41, 5.74) is 3.25. The van der Waals surface area contributed by atoms with Gasteiger partial charge in [-0.2, -0.15) is 0 Å². The minimum atomic E-state index is -0.979. The van der Waals surface area contributed by atoms with Gasteiger partial charge in [-0.25, -0.2) is 0 Å². The fourth-order valence-electron chi connectivity index (χ4n) is 4.87. The molecular formula is C25H27N5O4. The van der Waals surface area contributed by atoms with E-state index in [1.165, 1.54) is 5.56 Å². The standard InChI is InChI=1S/C25H27N5O4/c1-28(17-7-5-16(6-8-17)15-29-13-11-26-12-14-29)19-4-2-3-18-22(19)25(34)30(24(18)33)20-9-10-21(31)27-23(20)32/h2-8,20,26H,9-15H2,1H3,(H,27,31,32). The van der Waals surface area contributed by atoms with Crippen molar-refractivity contribution in [1.29, 1.82) is 0 Å². The Morgan fingerprint density at radius 3 is 2.41 bits per heavy atom. The van der Waals surface area contributed by atoms with Crippen molar-refractivity contribution in [3.05, 3.63) is 59.2 Å². The summed E-state index contributed by atoms with van der Waals surface area (Å²) >= 11 is 0. The van der Waals surface area contributed by atoms with Gasteiger partial charge in [-0.05, 0) is 36.2 Å². The predicted octanol–water partition coefficient (Wildman–Crippen LogP) is 1.26. The quantitative estimate of drug-likeness (QED) is 0.647. The van der Waals surface area contributed by atoms with Gasteiger partial charge in [0.15, 0.2) is 0 Å². The first-order chi connectivity index (χ1) is 16.4. The zero-order valence-corrected chi connectivity index (χ0v) is 19.0. The highest BCUT2D eigenvalue weighted by atomic mass is 16.2. The second-order valence-corrected chi connectivity index (χ2v) is 8.90. The van der Waals surface area contributed by atoms with Gasteiger partial charge in [0.1, 0.15) is 6.04 Å². The van der Waals surface area contributed by atoms with Crippen LogP contribution in [0.25, 0.3) is 0 Å². The molecule has 1 atom stereocenters. The number of carbonyl (C=O) groups excluding carboxylic acids is 4. The fraction of sp³-hybridized carbons (Fsp3) is 0.360. The Morgan fingerprint density at radius 1 is 0.971 bits per heavy atom. The van der Waals surface area contributed by atoms with E-state index < -0.39 is 29.7 Å². The first kappa shape index (κ1) is 22.2. The van der Waals surface area contributed by atoms with Crippen LogP contribution < -0.4 is 15.5 Å². The third-order valence-electron chi connectivity index (χ3n) is 6.75. The van der Waals surface area contributed by atoms with Crippen LogP contribution in [0.4, 0.5) is 11.4 Å². The van der Waals surface area contributed by atoms with E-state index in [2.05, 4.69) is 27.7 Å². The molecule has 0 saturated carbocycles. The summed E-state index contributed by atoms with van der Waals surface area (Å²) in [6, 6.07) is 12.4. The van der Waals surface area contributed by atoms with Gasteiger partial charge in [-0.3, -0.25) is 34.3 Å². The van der Waals surface area contributed by atoms with Gasteiger partial charge in [-0.1, -0.05) is 18.2 Å². The van der Waals surface area contributed by atoms with E-state index >= 15 is 0 Å². The number of carbonyl (C=O) groups is 4. The Labute approximate surface area is 197 Å². The SMILES string of the molecule is CN(c1ccc(CN2CCNCC2)cc1)c1cccc2c1C(=O)N(C1CCC(=O)NC1=O)C2=O. The molecule has 0 aliphatic carbocycles. The number of nitrogens with zero attached hydrogens (tertiary/aromatic N) is 3. The van der Waals surface area contributed by atoms with Gasteiger partial charge >= 0.3 is 0 Å². The number of hydrogen-bond acceptors (Lipinski definition) is 7. The van der Waals surface area contributed by atoms with Crippen LogP contribution in [0.1, 0.15) is 39.1 Å². The Balaban J connectivity index is 1.38. The molecule has 4 amide bonds. The van der Waals surface area contributed by atoms with Crippen molar-refractivity contribution in [2.75, 3.05) is 38.1 Å². The van der Waals surface area contributed by atoms with E-state index in [-0.39, 0.29) is 24.0 Å². The number of imide groups is 2. The average Bonchev–Trinajstić information content (AvgIpc) is 3.10. The summed E-state index contributed by atoms with van der Waals surface area (Å²) < 4.78 is 0. The zero-order valence-electron chi connectivity index (χ0n) is 19.0. The van der Waals surface area contributed by atoms with Gasteiger partial charge in [0.2, 0.25) is 11.8 Å². The lowest BCUT2D eigenvalue weighted by molar-refractivity contribution is -0.136. The topological polar surface area (TPSA) is 102 Å². The van der Waals surface area contributed by atoms with Crippen LogP contribution in [0.3, 0.4) is 0 Å². The summed E-state index contributed by atoms with van der Waals surface area (Å²) in [5, 5.41) is 5.59. The van der Waals surface area contributed by atoms with Gasteiger partial charge in [-0.15, -0.1) is 0 Å². The number of benzene rings is 2. The smallest absolute Gasteiger partial charge is 0.264 e. The van der Waals surface area contributed by atoms with Gasteiger partial charge in [0.25, 0.3) is 11.8 Å². The first-order valence-corrected chi connectivity index (χ1v) is 11.5. The highest BCUT2D eigenvalue weighted by molar-refractivity contribution is 6.25. The lowest BCUT2D eigenvalue weighted by atomic mass is 10.0. The molecule has 0 radical (unpaired) electrons. The summed E-state index contributed by atoms with van der Waals surface area (Å²) in [6.45, 7) is 4.95. The van der Waals surface area contributed by atoms with Crippen molar-refractivity contribution in [3.63, 3.8) is 0 Å². The molecule has 2 aromatic carbocycles. The molecule has 2 N–H and O–H groups in total. The van der Waals surface area contributed by atoms with E-state index in [0.29, 0.717) is 5.69 Å². The highest BCUT2D eigenvalue weighted by Crippen LogP contribution is 2.36. The van der Waals surface area contributed by atoms with Crippen molar-refractivity contribution in [2.45, 2.75) is 25.4 Å². The molecule has 0 spiro atoms. The average molecular weight is 462 g/mol. The van der Waals surface area contributed by atoms with Crippen molar-refractivity contribution in [1.82, 2.24) is 20.4 Å². The van der Waals surface area contributed by atoms with Crippen LogP contribution in [-0.4, -0.2) is 72.7 Å². The van der Waals surface area contributed by atoms with Crippen molar-refractivity contribution < 1.29 is 19.2 Å². The molecule has 5 rings (SSSR count). The summed E-state index contributed by atoms with van der Waals surface area (Å²) in [6.07, 6.45) is 0.229. The van der Waals surface area contributed by atoms with E-state index in [9.17, 15) is 19.2 Å². The van der Waals surface area contributed by atoms with Crippen molar-refractivity contribution in [3.8, 4) is 0 Å². The number of rotatable bonds is 5. The van der Waals surface area contributed by atoms with Crippen LogP contribution >= 0.6 is 0 Å². The number of fused-ring (bicyclic) bond motifs is 1. The Kier molecular flexibility index (Phi) is 5.89. The molecule has 3 heterocycles. The van der Waals surface area contributed by atoms with Crippen LogP contribution in [0.15, 0.2) is 42.5 Å². The van der Waals surface area contributed by atoms with Gasteiger partial charge in [0.05, 0.1) is 16.8 Å². The number of nitrogens with one attached hydrogen (secondary N) is 2. The first-order valence-electron chi connectivity index (χ1n) is 11.5. The fourth-order valence-corrected chi connectivity index (χ4v) is 4.87. The Morgan fingerprint density at radius 2 is 1.71 bits per heavy atom. The molecule has 9 nitrogen and oxygen atoms in total. The molecule has 34 heavy (non-hydrogen) atoms. The van der Waals surface area contributed by atoms with Crippen molar-refractivity contribution >= 4 is 35.0 Å². The molecule has 3 aliphatic heterocycles. The Hall–Kier alpha value is -3.56. The molecule has 0 bridgehead atoms. The lowest BCUT2D eigenvalue weighted by Gasteiger charge is -2.28. The molecule has 0 aromatic heterocycles. The maximum atomic E-state index is 13.4. The molecule has 2 saturated heterocycles. The normalized spacial score (nSPS) is 21.0. The van der Waals surface area contributed by atoms with Crippen LogP contribution in [0.5, 0.6) is 0 Å². The summed E-state index contributed by atoms with van der Waals surface area (Å²) in [7, 11) is 1.85. The number of amides is 4. The molecule has 2 fully saturated rings. The number of hydrogen-bond donors (Lipinski definition) is 2. The van der Waals surface area contributed by atoms with E-state index in [1.807, 2.05) is 24.1 Å². The summed E-state index contributed by atoms with van der Waals surface area (Å²) in [5.74, 6) is -2.01. The van der Waals surface area contributed by atoms with Crippen LogP contribution in [0, 0.1) is 0 Å². The number of anilines is 2. The molecule has 3 aliphatic rings. The van der Waals surface area contributed by atoms with Crippen molar-refractivity contribution in [2.24, 2.45) is 0 Å². The zero-order chi connectivity index (χ0) is 23.8. The lowest BCUT2D eigenvalue weighted by Crippen LogP contribution is -2.54. The largest absolute Gasteiger partial charge is 0.344 e. The Bertz CT molecular complexity index is 1160. The maximum Gasteiger partial charge on any atom is 0.264 e. The van der Waals surface area contributed by atoms with Gasteiger partial charge < -0.3 is 10.2 Å². The minimum Gasteiger partial charge on any atom is -0.344 e. The second kappa shape index (κ2) is 9.00. The predicted molar refractivity (Wildman–Crippen MR) is 126 cm³/mol. The third-order valence-corrected chi connectivity index (χ3v) is 6.75. The number of piperidine rings is 1. The maximum absolute atomic E-state index is 13.4. The van der Waals surface area contributed by atoms with E-state index in [4.69, 9.17) is 0 Å². The van der Waals surface area contributed by atoms with E-state index in [0.717, 1.165) is 43.3 Å². The second-order valence-electron chi connectivity index (χ2n) is 8.90. The molecular weight excluding hydrogens is 434 g/mol.